The molecule has 0 spiro atoms. The zero-order valence-corrected chi connectivity index (χ0v) is 16.3. The predicted molar refractivity (Wildman–Crippen MR) is 114 cm³/mol. The molecular weight excluding hydrogens is 364 g/mol. The van der Waals surface area contributed by atoms with Gasteiger partial charge in [0.25, 0.3) is 5.91 Å². The van der Waals surface area contributed by atoms with Crippen LogP contribution in [-0.2, 0) is 17.8 Å². The Bertz CT molecular complexity index is 983. The molecule has 3 aromatic rings. The van der Waals surface area contributed by atoms with Crippen molar-refractivity contribution in [2.24, 2.45) is 0 Å². The van der Waals surface area contributed by atoms with Crippen molar-refractivity contribution in [3.63, 3.8) is 0 Å². The van der Waals surface area contributed by atoms with Crippen LogP contribution in [0.1, 0.15) is 33.5 Å². The number of nitrogens with two attached hydrogens (primary N) is 1. The summed E-state index contributed by atoms with van der Waals surface area (Å²) in [5.74, 6) is 0.114. The third-order valence-corrected chi connectivity index (χ3v) is 4.51. The van der Waals surface area contributed by atoms with Gasteiger partial charge in [-0.15, -0.1) is 0 Å². The molecule has 4 N–H and O–H groups in total. The summed E-state index contributed by atoms with van der Waals surface area (Å²) in [4.78, 5) is 28.3. The number of nitrogens with one attached hydrogen (secondary N) is 2. The first kappa shape index (κ1) is 20.1. The molecule has 0 saturated carbocycles. The van der Waals surface area contributed by atoms with E-state index in [0.717, 1.165) is 11.1 Å². The summed E-state index contributed by atoms with van der Waals surface area (Å²) in [7, 11) is 0. The van der Waals surface area contributed by atoms with Crippen LogP contribution in [0.3, 0.4) is 0 Å². The van der Waals surface area contributed by atoms with Crippen LogP contribution in [0.4, 0.5) is 11.5 Å². The summed E-state index contributed by atoms with van der Waals surface area (Å²) in [5.41, 5.74) is 10.0. The Kier molecular flexibility index (Phi) is 6.58. The van der Waals surface area contributed by atoms with E-state index >= 15 is 0 Å². The van der Waals surface area contributed by atoms with Gasteiger partial charge in [0.2, 0.25) is 5.91 Å². The normalized spacial score (nSPS) is 10.4. The molecule has 6 nitrogen and oxygen atoms in total. The van der Waals surface area contributed by atoms with Gasteiger partial charge >= 0.3 is 0 Å². The van der Waals surface area contributed by atoms with Gasteiger partial charge in [0, 0.05) is 36.5 Å². The van der Waals surface area contributed by atoms with Gasteiger partial charge in [-0.2, -0.15) is 0 Å². The predicted octanol–water partition coefficient (Wildman–Crippen LogP) is 3.47. The number of nitrogens with zero attached hydrogens (tertiary/aromatic N) is 1. The van der Waals surface area contributed by atoms with Crippen molar-refractivity contribution < 1.29 is 9.59 Å². The molecule has 0 radical (unpaired) electrons. The maximum Gasteiger partial charge on any atom is 0.255 e. The van der Waals surface area contributed by atoms with Crippen LogP contribution in [0, 0.1) is 6.92 Å². The number of pyridine rings is 1. The Hall–Kier alpha value is -3.67. The molecule has 29 heavy (non-hydrogen) atoms. The largest absolute Gasteiger partial charge is 0.384 e. The van der Waals surface area contributed by atoms with Gasteiger partial charge < -0.3 is 16.4 Å². The average molecular weight is 388 g/mol. The lowest BCUT2D eigenvalue weighted by molar-refractivity contribution is -0.121. The van der Waals surface area contributed by atoms with Crippen molar-refractivity contribution >= 4 is 23.3 Å². The van der Waals surface area contributed by atoms with Crippen LogP contribution in [0.2, 0.25) is 0 Å². The molecular formula is C23H24N4O2. The van der Waals surface area contributed by atoms with Crippen molar-refractivity contribution in [3.05, 3.63) is 89.1 Å². The van der Waals surface area contributed by atoms with Gasteiger partial charge in [-0.1, -0.05) is 42.0 Å². The number of aryl methyl sites for hydroxylation is 2. The molecule has 1 aromatic heterocycles. The number of carbonyl (C=O) groups excluding carboxylic acids is 2. The highest BCUT2D eigenvalue weighted by Crippen LogP contribution is 2.12. The summed E-state index contributed by atoms with van der Waals surface area (Å²) in [6, 6.07) is 18.6. The fourth-order valence-electron chi connectivity index (χ4n) is 2.80. The number of nitrogen functional groups attached to an aromatic ring is 1. The number of hydrogen-bond acceptors (Lipinski definition) is 4. The fourth-order valence-corrected chi connectivity index (χ4v) is 2.80. The summed E-state index contributed by atoms with van der Waals surface area (Å²) < 4.78 is 0. The van der Waals surface area contributed by atoms with Crippen LogP contribution in [0.15, 0.2) is 66.9 Å². The highest BCUT2D eigenvalue weighted by Gasteiger charge is 2.07. The summed E-state index contributed by atoms with van der Waals surface area (Å²) in [5, 5.41) is 5.69. The lowest BCUT2D eigenvalue weighted by Crippen LogP contribution is -2.23. The Morgan fingerprint density at radius 3 is 2.34 bits per heavy atom. The van der Waals surface area contributed by atoms with E-state index in [-0.39, 0.29) is 11.8 Å². The number of aromatic nitrogens is 1. The van der Waals surface area contributed by atoms with E-state index in [4.69, 9.17) is 5.73 Å². The quantitative estimate of drug-likeness (QED) is 0.577. The molecule has 1 heterocycles. The molecule has 0 aliphatic heterocycles. The SMILES string of the molecule is Cc1ccc(CCC(=O)NCc2ccc(C(=O)Nc3ccnc(N)c3)cc2)cc1. The Labute approximate surface area is 170 Å². The summed E-state index contributed by atoms with van der Waals surface area (Å²) in [6.07, 6.45) is 2.69. The highest BCUT2D eigenvalue weighted by molar-refractivity contribution is 6.04. The van der Waals surface area contributed by atoms with Crippen LogP contribution in [0.25, 0.3) is 0 Å². The average Bonchev–Trinajstić information content (AvgIpc) is 2.72. The minimum absolute atomic E-state index is 0.00247. The summed E-state index contributed by atoms with van der Waals surface area (Å²) >= 11 is 0. The molecule has 0 saturated heterocycles. The van der Waals surface area contributed by atoms with Crippen molar-refractivity contribution in [2.45, 2.75) is 26.3 Å². The van der Waals surface area contributed by atoms with E-state index in [1.165, 1.54) is 11.8 Å². The molecule has 0 fully saturated rings. The fraction of sp³-hybridized carbons (Fsp3) is 0.174. The third kappa shape index (κ3) is 6.17. The molecule has 3 rings (SSSR count). The van der Waals surface area contributed by atoms with Crippen LogP contribution >= 0.6 is 0 Å². The van der Waals surface area contributed by atoms with Gasteiger partial charge in [0.15, 0.2) is 0 Å². The minimum Gasteiger partial charge on any atom is -0.384 e. The van der Waals surface area contributed by atoms with E-state index in [2.05, 4.69) is 27.8 Å². The van der Waals surface area contributed by atoms with Gasteiger partial charge in [-0.05, 0) is 42.7 Å². The second-order valence-electron chi connectivity index (χ2n) is 6.88. The van der Waals surface area contributed by atoms with Crippen molar-refractivity contribution in [1.82, 2.24) is 10.3 Å². The second kappa shape index (κ2) is 9.50. The molecule has 0 bridgehead atoms. The topological polar surface area (TPSA) is 97.1 Å². The monoisotopic (exact) mass is 388 g/mol. The number of rotatable bonds is 7. The van der Waals surface area contributed by atoms with E-state index in [1.54, 1.807) is 24.3 Å². The number of hydrogen-bond donors (Lipinski definition) is 3. The summed E-state index contributed by atoms with van der Waals surface area (Å²) in [6.45, 7) is 2.47. The zero-order valence-electron chi connectivity index (χ0n) is 16.3. The lowest BCUT2D eigenvalue weighted by atomic mass is 10.1. The van der Waals surface area contributed by atoms with E-state index in [0.29, 0.717) is 36.5 Å². The molecule has 148 valence electrons. The van der Waals surface area contributed by atoms with Crippen LogP contribution in [0.5, 0.6) is 0 Å². The first-order valence-corrected chi connectivity index (χ1v) is 9.44. The molecule has 0 aliphatic carbocycles. The first-order valence-electron chi connectivity index (χ1n) is 9.44. The number of benzene rings is 2. The van der Waals surface area contributed by atoms with Gasteiger partial charge in [0.1, 0.15) is 5.82 Å². The highest BCUT2D eigenvalue weighted by atomic mass is 16.2. The zero-order chi connectivity index (χ0) is 20.6. The smallest absolute Gasteiger partial charge is 0.255 e. The van der Waals surface area contributed by atoms with Gasteiger partial charge in [-0.25, -0.2) is 4.98 Å². The lowest BCUT2D eigenvalue weighted by Gasteiger charge is -2.08. The van der Waals surface area contributed by atoms with Crippen LogP contribution < -0.4 is 16.4 Å². The Morgan fingerprint density at radius 2 is 1.66 bits per heavy atom. The Morgan fingerprint density at radius 1 is 0.966 bits per heavy atom. The number of anilines is 2. The minimum atomic E-state index is -0.232. The van der Waals surface area contributed by atoms with Crippen molar-refractivity contribution in [3.8, 4) is 0 Å². The van der Waals surface area contributed by atoms with E-state index < -0.39 is 0 Å². The number of carbonyl (C=O) groups is 2. The molecule has 0 aliphatic rings. The molecule has 2 aromatic carbocycles. The van der Waals surface area contributed by atoms with Crippen molar-refractivity contribution in [2.75, 3.05) is 11.1 Å². The maximum absolute atomic E-state index is 12.3. The van der Waals surface area contributed by atoms with Crippen LogP contribution in [-0.4, -0.2) is 16.8 Å². The molecule has 6 heteroatoms. The van der Waals surface area contributed by atoms with E-state index in [1.807, 2.05) is 31.2 Å². The standard InChI is InChI=1S/C23H24N4O2/c1-16-2-4-17(5-3-16)8-11-22(28)26-15-18-6-9-19(10-7-18)23(29)27-20-12-13-25-21(24)14-20/h2-7,9-10,12-14H,8,11,15H2,1H3,(H,26,28)(H3,24,25,27,29). The molecule has 0 atom stereocenters. The maximum atomic E-state index is 12.3. The second-order valence-corrected chi connectivity index (χ2v) is 6.88. The van der Waals surface area contributed by atoms with E-state index in [9.17, 15) is 9.59 Å². The third-order valence-electron chi connectivity index (χ3n) is 4.51. The number of amides is 2. The van der Waals surface area contributed by atoms with Crippen molar-refractivity contribution in [1.29, 1.82) is 0 Å². The Balaban J connectivity index is 1.46. The molecule has 0 unspecified atom stereocenters. The molecule has 2 amide bonds. The van der Waals surface area contributed by atoms with Gasteiger partial charge in [0.05, 0.1) is 0 Å². The van der Waals surface area contributed by atoms with Gasteiger partial charge in [-0.3, -0.25) is 9.59 Å². The first-order chi connectivity index (χ1) is 14.0.